The molecule has 2 unspecified atom stereocenters. The normalized spacial score (nSPS) is 14.0. The highest BCUT2D eigenvalue weighted by molar-refractivity contribution is 5.96. The second-order valence-electron chi connectivity index (χ2n) is 5.03. The van der Waals surface area contributed by atoms with Crippen LogP contribution < -0.4 is 11.1 Å². The first-order valence-electron chi connectivity index (χ1n) is 6.47. The van der Waals surface area contributed by atoms with Crippen LogP contribution in [0.15, 0.2) is 12.3 Å². The van der Waals surface area contributed by atoms with Crippen molar-refractivity contribution in [1.29, 1.82) is 0 Å². The van der Waals surface area contributed by atoms with E-state index >= 15 is 0 Å². The van der Waals surface area contributed by atoms with Gasteiger partial charge >= 0.3 is 0 Å². The second-order valence-corrected chi connectivity index (χ2v) is 5.03. The lowest BCUT2D eigenvalue weighted by Gasteiger charge is -2.18. The van der Waals surface area contributed by atoms with Crippen LogP contribution in [0.2, 0.25) is 0 Å². The van der Waals surface area contributed by atoms with E-state index in [0.29, 0.717) is 22.9 Å². The van der Waals surface area contributed by atoms with E-state index in [0.717, 1.165) is 12.8 Å². The summed E-state index contributed by atoms with van der Waals surface area (Å²) in [7, 11) is 0. The van der Waals surface area contributed by atoms with E-state index in [1.54, 1.807) is 12.3 Å². The first kappa shape index (κ1) is 14.5. The third-order valence-electron chi connectivity index (χ3n) is 3.18. The van der Waals surface area contributed by atoms with E-state index in [1.165, 1.54) is 0 Å². The third-order valence-corrected chi connectivity index (χ3v) is 3.18. The van der Waals surface area contributed by atoms with Crippen molar-refractivity contribution in [2.45, 2.75) is 46.6 Å². The molecule has 0 aliphatic carbocycles. The Balaban J connectivity index is 2.67. The summed E-state index contributed by atoms with van der Waals surface area (Å²) in [5.41, 5.74) is 7.44. The van der Waals surface area contributed by atoms with Gasteiger partial charge in [-0.05, 0) is 32.3 Å². The van der Waals surface area contributed by atoms with E-state index < -0.39 is 0 Å². The van der Waals surface area contributed by atoms with Crippen LogP contribution >= 0.6 is 0 Å². The van der Waals surface area contributed by atoms with Crippen LogP contribution in [-0.2, 0) is 0 Å². The van der Waals surface area contributed by atoms with Crippen molar-refractivity contribution in [2.75, 3.05) is 5.73 Å². The Bertz CT molecular complexity index is 418. The van der Waals surface area contributed by atoms with Crippen molar-refractivity contribution in [3.63, 3.8) is 0 Å². The van der Waals surface area contributed by atoms with Crippen molar-refractivity contribution in [1.82, 2.24) is 10.3 Å². The fourth-order valence-corrected chi connectivity index (χ4v) is 1.91. The van der Waals surface area contributed by atoms with E-state index in [9.17, 15) is 4.79 Å². The number of carbonyl (C=O) groups is 1. The van der Waals surface area contributed by atoms with Gasteiger partial charge in [-0.1, -0.05) is 20.3 Å². The molecule has 2 atom stereocenters. The van der Waals surface area contributed by atoms with Gasteiger partial charge in [0.2, 0.25) is 0 Å². The van der Waals surface area contributed by atoms with Gasteiger partial charge in [-0.2, -0.15) is 0 Å². The molecule has 0 bridgehead atoms. The predicted molar refractivity (Wildman–Crippen MR) is 74.4 cm³/mol. The number of hydrogen-bond donors (Lipinski definition) is 2. The number of anilines is 1. The molecule has 4 nitrogen and oxygen atoms in total. The average molecular weight is 249 g/mol. The van der Waals surface area contributed by atoms with Gasteiger partial charge in [0.15, 0.2) is 0 Å². The maximum absolute atomic E-state index is 12.1. The number of carbonyl (C=O) groups excluding carboxylic acids is 1. The lowest BCUT2D eigenvalue weighted by atomic mass is 10.00. The molecule has 0 radical (unpaired) electrons. The van der Waals surface area contributed by atoms with E-state index in [4.69, 9.17) is 5.73 Å². The molecule has 0 spiro atoms. The molecule has 0 aliphatic rings. The van der Waals surface area contributed by atoms with Gasteiger partial charge in [-0.25, -0.2) is 0 Å². The number of pyridine rings is 1. The number of amides is 1. The highest BCUT2D eigenvalue weighted by Gasteiger charge is 2.14. The highest BCUT2D eigenvalue weighted by atomic mass is 16.1. The van der Waals surface area contributed by atoms with Gasteiger partial charge in [-0.3, -0.25) is 9.78 Å². The molecule has 0 fully saturated rings. The number of nitrogens with zero attached hydrogens (tertiary/aromatic N) is 1. The van der Waals surface area contributed by atoms with E-state index in [2.05, 4.69) is 24.1 Å². The van der Waals surface area contributed by atoms with Crippen molar-refractivity contribution >= 4 is 11.6 Å². The van der Waals surface area contributed by atoms with Gasteiger partial charge < -0.3 is 11.1 Å². The summed E-state index contributed by atoms with van der Waals surface area (Å²) in [6.07, 6.45) is 3.67. The number of rotatable bonds is 5. The van der Waals surface area contributed by atoms with Crippen LogP contribution in [0.3, 0.4) is 0 Å². The minimum atomic E-state index is -0.0943. The smallest absolute Gasteiger partial charge is 0.253 e. The second kappa shape index (κ2) is 6.38. The third kappa shape index (κ3) is 4.02. The molecule has 1 aromatic rings. The van der Waals surface area contributed by atoms with E-state index in [-0.39, 0.29) is 11.9 Å². The van der Waals surface area contributed by atoms with Gasteiger partial charge in [0.1, 0.15) is 0 Å². The van der Waals surface area contributed by atoms with Gasteiger partial charge in [0, 0.05) is 6.04 Å². The molecular weight excluding hydrogens is 226 g/mol. The zero-order valence-corrected chi connectivity index (χ0v) is 11.7. The summed E-state index contributed by atoms with van der Waals surface area (Å²) in [5.74, 6) is 0.517. The van der Waals surface area contributed by atoms with Crippen molar-refractivity contribution < 1.29 is 4.79 Å². The molecule has 0 saturated carbocycles. The van der Waals surface area contributed by atoms with Crippen LogP contribution in [0.5, 0.6) is 0 Å². The van der Waals surface area contributed by atoms with Gasteiger partial charge in [-0.15, -0.1) is 0 Å². The van der Waals surface area contributed by atoms with Crippen LogP contribution in [-0.4, -0.2) is 16.9 Å². The monoisotopic (exact) mass is 249 g/mol. The van der Waals surface area contributed by atoms with E-state index in [1.807, 2.05) is 13.8 Å². The largest absolute Gasteiger partial charge is 0.397 e. The molecule has 1 aromatic heterocycles. The molecule has 18 heavy (non-hydrogen) atoms. The molecule has 1 rings (SSSR count). The molecule has 1 heterocycles. The quantitative estimate of drug-likeness (QED) is 0.842. The first-order chi connectivity index (χ1) is 8.43. The van der Waals surface area contributed by atoms with Crippen LogP contribution in [0.25, 0.3) is 0 Å². The summed E-state index contributed by atoms with van der Waals surface area (Å²) >= 11 is 0. The maximum Gasteiger partial charge on any atom is 0.253 e. The number of aryl methyl sites for hydroxylation is 1. The van der Waals surface area contributed by atoms with Gasteiger partial charge in [0.25, 0.3) is 5.91 Å². The highest BCUT2D eigenvalue weighted by Crippen LogP contribution is 2.12. The standard InChI is InChI=1S/C14H23N3O/c1-5-9(2)6-10(3)17-14(18)13-7-12(15)8-16-11(13)4/h7-10H,5-6,15H2,1-4H3,(H,17,18). The Morgan fingerprint density at radius 3 is 2.78 bits per heavy atom. The molecule has 100 valence electrons. The molecule has 3 N–H and O–H groups in total. The Kier molecular flexibility index (Phi) is 5.13. The van der Waals surface area contributed by atoms with Crippen LogP contribution in [0.4, 0.5) is 5.69 Å². The minimum Gasteiger partial charge on any atom is -0.397 e. The molecular formula is C14H23N3O. The fourth-order valence-electron chi connectivity index (χ4n) is 1.91. The Morgan fingerprint density at radius 2 is 2.17 bits per heavy atom. The van der Waals surface area contributed by atoms with Crippen molar-refractivity contribution in [3.8, 4) is 0 Å². The summed E-state index contributed by atoms with van der Waals surface area (Å²) in [6.45, 7) is 8.19. The summed E-state index contributed by atoms with van der Waals surface area (Å²) < 4.78 is 0. The average Bonchev–Trinajstić information content (AvgIpc) is 2.31. The Hall–Kier alpha value is -1.58. The number of nitrogens with one attached hydrogen (secondary N) is 1. The Labute approximate surface area is 109 Å². The lowest BCUT2D eigenvalue weighted by molar-refractivity contribution is 0.0934. The molecule has 0 aliphatic heterocycles. The van der Waals surface area contributed by atoms with Crippen molar-refractivity contribution in [2.24, 2.45) is 5.92 Å². The van der Waals surface area contributed by atoms with Crippen LogP contribution in [0, 0.1) is 12.8 Å². The molecule has 0 aromatic carbocycles. The minimum absolute atomic E-state index is 0.0943. The molecule has 4 heteroatoms. The number of nitrogens with two attached hydrogens (primary N) is 1. The number of hydrogen-bond acceptors (Lipinski definition) is 3. The maximum atomic E-state index is 12.1. The fraction of sp³-hybridized carbons (Fsp3) is 0.571. The summed E-state index contributed by atoms with van der Waals surface area (Å²) in [4.78, 5) is 16.2. The number of aromatic nitrogens is 1. The van der Waals surface area contributed by atoms with Gasteiger partial charge in [0.05, 0.1) is 23.1 Å². The molecule has 1 amide bonds. The SMILES string of the molecule is CCC(C)CC(C)NC(=O)c1cc(N)cnc1C. The number of nitrogen functional groups attached to an aromatic ring is 1. The first-order valence-corrected chi connectivity index (χ1v) is 6.47. The summed E-state index contributed by atoms with van der Waals surface area (Å²) in [6, 6.07) is 1.83. The zero-order valence-electron chi connectivity index (χ0n) is 11.7. The predicted octanol–water partition coefficient (Wildman–Crippen LogP) is 2.53. The lowest BCUT2D eigenvalue weighted by Crippen LogP contribution is -2.34. The molecule has 0 saturated heterocycles. The van der Waals surface area contributed by atoms with Crippen molar-refractivity contribution in [3.05, 3.63) is 23.5 Å². The topological polar surface area (TPSA) is 68.0 Å². The Morgan fingerprint density at radius 1 is 1.50 bits per heavy atom. The summed E-state index contributed by atoms with van der Waals surface area (Å²) in [5, 5.41) is 2.99. The van der Waals surface area contributed by atoms with Crippen LogP contribution in [0.1, 0.15) is 49.7 Å². The zero-order chi connectivity index (χ0) is 13.7.